The Morgan fingerprint density at radius 1 is 1.03 bits per heavy atom. The summed E-state index contributed by atoms with van der Waals surface area (Å²) in [5.74, 6) is 0.891. The van der Waals surface area contributed by atoms with Gasteiger partial charge >= 0.3 is 7.12 Å². The maximum Gasteiger partial charge on any atom is 0.495 e. The van der Waals surface area contributed by atoms with Crippen LogP contribution in [0.15, 0.2) is 42.5 Å². The third kappa shape index (κ3) is 4.81. The van der Waals surface area contributed by atoms with E-state index in [1.165, 1.54) is 11.3 Å². The Balaban J connectivity index is 1.47. The highest BCUT2D eigenvalue weighted by molar-refractivity contribution is 6.65. The van der Waals surface area contributed by atoms with Crippen molar-refractivity contribution in [1.82, 2.24) is 14.7 Å². The van der Waals surface area contributed by atoms with Crippen LogP contribution in [0.5, 0.6) is 5.75 Å². The molecule has 0 aliphatic carbocycles. The van der Waals surface area contributed by atoms with Crippen molar-refractivity contribution in [2.24, 2.45) is 7.05 Å². The molecule has 1 aliphatic heterocycles. The molecule has 2 heterocycles. The van der Waals surface area contributed by atoms with Crippen LogP contribution in [-0.4, -0.2) is 53.7 Å². The van der Waals surface area contributed by atoms with E-state index in [1.807, 2.05) is 29.9 Å². The van der Waals surface area contributed by atoms with Gasteiger partial charge in [-0.25, -0.2) is 0 Å². The second kappa shape index (κ2) is 9.13. The third-order valence-electron chi connectivity index (χ3n) is 7.08. The summed E-state index contributed by atoms with van der Waals surface area (Å²) in [6, 6.07) is 14.5. The fourth-order valence-corrected chi connectivity index (χ4v) is 4.43. The lowest BCUT2D eigenvalue weighted by molar-refractivity contribution is 0.00578. The molecule has 2 aromatic carbocycles. The van der Waals surface area contributed by atoms with Gasteiger partial charge in [0.05, 0.1) is 23.8 Å². The minimum atomic E-state index is -0.389. The van der Waals surface area contributed by atoms with E-state index in [4.69, 9.17) is 19.1 Å². The Bertz CT molecular complexity index is 1090. The number of aromatic nitrogens is 2. The largest absolute Gasteiger partial charge is 0.497 e. The lowest BCUT2D eigenvalue weighted by atomic mass is 9.76. The summed E-state index contributed by atoms with van der Waals surface area (Å²) in [4.78, 5) is 2.36. The van der Waals surface area contributed by atoms with E-state index in [9.17, 15) is 0 Å². The molecule has 0 spiro atoms. The van der Waals surface area contributed by atoms with Crippen molar-refractivity contribution in [1.29, 1.82) is 0 Å². The van der Waals surface area contributed by atoms with Gasteiger partial charge in [0.1, 0.15) is 5.75 Å². The number of nitrogens with zero attached hydrogens (tertiary/aromatic N) is 3. The van der Waals surface area contributed by atoms with Crippen LogP contribution in [0, 0.1) is 0 Å². The van der Waals surface area contributed by atoms with Gasteiger partial charge in [-0.05, 0) is 83.4 Å². The van der Waals surface area contributed by atoms with Crippen LogP contribution in [0.1, 0.15) is 45.4 Å². The molecule has 3 aromatic rings. The number of aryl methyl sites for hydroxylation is 2. The number of hydrogen-bond donors (Lipinski definition) is 0. The van der Waals surface area contributed by atoms with Crippen molar-refractivity contribution in [2.45, 2.75) is 58.3 Å². The smallest absolute Gasteiger partial charge is 0.495 e. The maximum absolute atomic E-state index is 6.37. The second-order valence-corrected chi connectivity index (χ2v) is 10.1. The van der Waals surface area contributed by atoms with Crippen molar-refractivity contribution >= 4 is 23.5 Å². The molecule has 6 nitrogen and oxygen atoms in total. The number of rotatable bonds is 8. The first-order valence-electron chi connectivity index (χ1n) is 11.7. The molecular weight excluding hydrogens is 413 g/mol. The van der Waals surface area contributed by atoms with E-state index < -0.39 is 0 Å². The molecule has 1 aliphatic rings. The van der Waals surface area contributed by atoms with E-state index in [1.54, 1.807) is 7.11 Å². The van der Waals surface area contributed by atoms with E-state index >= 15 is 0 Å². The molecule has 1 saturated heterocycles. The lowest BCUT2D eigenvalue weighted by Crippen LogP contribution is -2.41. The molecular formula is C26H36BN3O3. The summed E-state index contributed by atoms with van der Waals surface area (Å²) in [5, 5.41) is 5.94. The molecule has 0 amide bonds. The third-order valence-corrected chi connectivity index (χ3v) is 7.08. The van der Waals surface area contributed by atoms with E-state index in [-0.39, 0.29) is 18.3 Å². The fourth-order valence-electron chi connectivity index (χ4n) is 4.43. The number of fused-ring (bicyclic) bond motifs is 1. The van der Waals surface area contributed by atoms with Crippen molar-refractivity contribution in [3.05, 3.63) is 53.7 Å². The summed E-state index contributed by atoms with van der Waals surface area (Å²) >= 11 is 0. The molecule has 176 valence electrons. The van der Waals surface area contributed by atoms with Crippen molar-refractivity contribution in [3.8, 4) is 5.75 Å². The van der Waals surface area contributed by atoms with Gasteiger partial charge in [-0.15, -0.1) is 0 Å². The molecule has 7 heteroatoms. The summed E-state index contributed by atoms with van der Waals surface area (Å²) in [6.45, 7) is 10.3. The average molecular weight is 449 g/mol. The molecule has 0 unspecified atom stereocenters. The summed E-state index contributed by atoms with van der Waals surface area (Å²) in [5.41, 5.74) is 3.84. The predicted molar refractivity (Wildman–Crippen MR) is 134 cm³/mol. The first-order chi connectivity index (χ1) is 15.6. The number of benzene rings is 2. The van der Waals surface area contributed by atoms with E-state index in [0.29, 0.717) is 0 Å². The molecule has 0 saturated carbocycles. The lowest BCUT2D eigenvalue weighted by Gasteiger charge is -2.32. The van der Waals surface area contributed by atoms with Crippen LogP contribution in [-0.2, 0) is 29.3 Å². The Labute approximate surface area is 198 Å². The summed E-state index contributed by atoms with van der Waals surface area (Å²) < 4.78 is 20.0. The van der Waals surface area contributed by atoms with Gasteiger partial charge in [-0.1, -0.05) is 24.3 Å². The van der Waals surface area contributed by atoms with Crippen molar-refractivity contribution in [2.75, 3.05) is 20.7 Å². The van der Waals surface area contributed by atoms with Crippen LogP contribution in [0.2, 0.25) is 0 Å². The summed E-state index contributed by atoms with van der Waals surface area (Å²) in [7, 11) is 5.51. The first-order valence-corrected chi connectivity index (χ1v) is 11.7. The Morgan fingerprint density at radius 3 is 2.33 bits per heavy atom. The minimum absolute atomic E-state index is 0.369. The number of methoxy groups -OCH3 is 1. The predicted octanol–water partition coefficient (Wildman–Crippen LogP) is 3.95. The SMILES string of the molecule is COc1ccc(CN(C)CCCc2c3c(B4OC(C)(C)C(C)(C)O4)cccc3nn2C)cc1. The molecule has 4 rings (SSSR count). The molecule has 0 atom stereocenters. The van der Waals surface area contributed by atoms with Gasteiger partial charge in [-0.3, -0.25) is 4.68 Å². The van der Waals surface area contributed by atoms with Crippen LogP contribution in [0.4, 0.5) is 0 Å². The van der Waals surface area contributed by atoms with Gasteiger partial charge in [0.2, 0.25) is 0 Å². The zero-order valence-corrected chi connectivity index (χ0v) is 21.0. The monoisotopic (exact) mass is 449 g/mol. The highest BCUT2D eigenvalue weighted by Gasteiger charge is 2.52. The summed E-state index contributed by atoms with van der Waals surface area (Å²) in [6.07, 6.45) is 1.98. The molecule has 1 aromatic heterocycles. The Hall–Kier alpha value is -2.35. The van der Waals surface area contributed by atoms with Gasteiger partial charge in [0.25, 0.3) is 0 Å². The fraction of sp³-hybridized carbons (Fsp3) is 0.500. The van der Waals surface area contributed by atoms with Gasteiger partial charge in [-0.2, -0.15) is 5.10 Å². The first kappa shape index (κ1) is 23.8. The zero-order valence-electron chi connectivity index (χ0n) is 21.0. The van der Waals surface area contributed by atoms with Crippen LogP contribution < -0.4 is 10.2 Å². The number of hydrogen-bond acceptors (Lipinski definition) is 5. The maximum atomic E-state index is 6.37. The van der Waals surface area contributed by atoms with Crippen LogP contribution >= 0.6 is 0 Å². The molecule has 0 radical (unpaired) electrons. The topological polar surface area (TPSA) is 48.8 Å². The molecule has 33 heavy (non-hydrogen) atoms. The second-order valence-electron chi connectivity index (χ2n) is 10.1. The normalized spacial score (nSPS) is 17.3. The standard InChI is InChI=1S/C26H36BN3O3/c1-25(2)26(3,4)33-27(32-25)21-10-8-11-22-24(21)23(30(6)28-22)12-9-17-29(5)18-19-13-15-20(31-7)16-14-19/h8,10-11,13-16H,9,12,17-18H2,1-7H3. The molecule has 0 bridgehead atoms. The minimum Gasteiger partial charge on any atom is -0.497 e. The van der Waals surface area contributed by atoms with E-state index in [2.05, 4.69) is 63.9 Å². The van der Waals surface area contributed by atoms with Crippen LogP contribution in [0.25, 0.3) is 10.9 Å². The molecule has 1 fully saturated rings. The zero-order chi connectivity index (χ0) is 23.8. The Kier molecular flexibility index (Phi) is 6.58. The van der Waals surface area contributed by atoms with Gasteiger partial charge in [0, 0.05) is 24.7 Å². The van der Waals surface area contributed by atoms with Crippen molar-refractivity contribution in [3.63, 3.8) is 0 Å². The highest BCUT2D eigenvalue weighted by Crippen LogP contribution is 2.37. The average Bonchev–Trinajstić information content (AvgIpc) is 3.19. The quantitative estimate of drug-likeness (QED) is 0.488. The number of ether oxygens (including phenoxy) is 1. The van der Waals surface area contributed by atoms with Gasteiger partial charge < -0.3 is 18.9 Å². The van der Waals surface area contributed by atoms with Gasteiger partial charge in [0.15, 0.2) is 0 Å². The Morgan fingerprint density at radius 2 is 1.70 bits per heavy atom. The highest BCUT2D eigenvalue weighted by atomic mass is 16.7. The van der Waals surface area contributed by atoms with Crippen molar-refractivity contribution < 1.29 is 14.0 Å². The van der Waals surface area contributed by atoms with Crippen LogP contribution in [0.3, 0.4) is 0 Å². The van der Waals surface area contributed by atoms with E-state index in [0.717, 1.165) is 48.0 Å². The molecule has 0 N–H and O–H groups in total.